The summed E-state index contributed by atoms with van der Waals surface area (Å²) in [5.41, 5.74) is 1.63. The van der Waals surface area contributed by atoms with Crippen LogP contribution < -0.4 is 10.2 Å². The minimum Gasteiger partial charge on any atom is -0.378 e. The fourth-order valence-corrected chi connectivity index (χ4v) is 3.08. The summed E-state index contributed by atoms with van der Waals surface area (Å²) < 4.78 is 5.37. The number of benzene rings is 1. The first-order valence-electron chi connectivity index (χ1n) is 8.28. The molecule has 23 heavy (non-hydrogen) atoms. The second-order valence-electron chi connectivity index (χ2n) is 5.92. The maximum atomic E-state index is 12.3. The van der Waals surface area contributed by atoms with Gasteiger partial charge in [-0.3, -0.25) is 9.59 Å². The molecule has 0 radical (unpaired) electrons. The van der Waals surface area contributed by atoms with Crippen LogP contribution in [0.5, 0.6) is 0 Å². The van der Waals surface area contributed by atoms with Crippen molar-refractivity contribution in [1.82, 2.24) is 4.90 Å². The van der Waals surface area contributed by atoms with Gasteiger partial charge in [-0.2, -0.15) is 0 Å². The lowest BCUT2D eigenvalue weighted by atomic mass is 10.1. The van der Waals surface area contributed by atoms with Crippen LogP contribution in [-0.2, 0) is 14.3 Å². The largest absolute Gasteiger partial charge is 0.378 e. The fraction of sp³-hybridized carbons (Fsp3) is 0.529. The molecule has 2 fully saturated rings. The zero-order chi connectivity index (χ0) is 16.1. The molecule has 0 atom stereocenters. The van der Waals surface area contributed by atoms with E-state index in [1.54, 1.807) is 4.90 Å². The number of rotatable bonds is 2. The van der Waals surface area contributed by atoms with Crippen LogP contribution in [0.15, 0.2) is 24.3 Å². The van der Waals surface area contributed by atoms with Gasteiger partial charge in [0, 0.05) is 26.2 Å². The molecule has 0 aromatic heterocycles. The van der Waals surface area contributed by atoms with Gasteiger partial charge in [0.2, 0.25) is 0 Å². The van der Waals surface area contributed by atoms with E-state index in [4.69, 9.17) is 4.74 Å². The highest BCUT2D eigenvalue weighted by molar-refractivity contribution is 6.39. The van der Waals surface area contributed by atoms with Crippen molar-refractivity contribution in [2.24, 2.45) is 0 Å². The first kappa shape index (κ1) is 15.8. The standard InChI is InChI=1S/C17H23N3O3/c21-16(17(22)20-8-4-1-5-9-20)18-14-6-2-3-7-15(14)19-10-12-23-13-11-19/h2-3,6-7H,1,4-5,8-13H2,(H,18,21). The fourth-order valence-electron chi connectivity index (χ4n) is 3.08. The summed E-state index contributed by atoms with van der Waals surface area (Å²) in [7, 11) is 0. The lowest BCUT2D eigenvalue weighted by molar-refractivity contribution is -0.143. The van der Waals surface area contributed by atoms with Crippen molar-refractivity contribution < 1.29 is 14.3 Å². The third kappa shape index (κ3) is 3.82. The van der Waals surface area contributed by atoms with Crippen molar-refractivity contribution >= 4 is 23.2 Å². The summed E-state index contributed by atoms with van der Waals surface area (Å²) in [5, 5.41) is 2.79. The molecule has 6 nitrogen and oxygen atoms in total. The van der Waals surface area contributed by atoms with Gasteiger partial charge in [0.05, 0.1) is 24.6 Å². The Morgan fingerprint density at radius 2 is 1.65 bits per heavy atom. The van der Waals surface area contributed by atoms with Crippen LogP contribution in [0.2, 0.25) is 0 Å². The smallest absolute Gasteiger partial charge is 0.313 e. The van der Waals surface area contributed by atoms with Gasteiger partial charge < -0.3 is 19.9 Å². The Labute approximate surface area is 136 Å². The number of anilines is 2. The number of nitrogens with one attached hydrogen (secondary N) is 1. The number of carbonyl (C=O) groups excluding carboxylic acids is 2. The van der Waals surface area contributed by atoms with E-state index in [0.29, 0.717) is 32.0 Å². The van der Waals surface area contributed by atoms with Crippen molar-refractivity contribution in [2.75, 3.05) is 49.6 Å². The zero-order valence-corrected chi connectivity index (χ0v) is 13.3. The van der Waals surface area contributed by atoms with Gasteiger partial charge in [0.15, 0.2) is 0 Å². The van der Waals surface area contributed by atoms with Crippen molar-refractivity contribution in [1.29, 1.82) is 0 Å². The Hall–Kier alpha value is -2.08. The predicted molar refractivity (Wildman–Crippen MR) is 88.5 cm³/mol. The number of hydrogen-bond acceptors (Lipinski definition) is 4. The van der Waals surface area contributed by atoms with E-state index in [1.807, 2.05) is 24.3 Å². The maximum Gasteiger partial charge on any atom is 0.313 e. The van der Waals surface area contributed by atoms with Gasteiger partial charge in [-0.1, -0.05) is 12.1 Å². The van der Waals surface area contributed by atoms with Crippen LogP contribution in [0.1, 0.15) is 19.3 Å². The molecule has 2 amide bonds. The van der Waals surface area contributed by atoms with Crippen molar-refractivity contribution in [3.63, 3.8) is 0 Å². The molecule has 2 heterocycles. The molecule has 0 bridgehead atoms. The van der Waals surface area contributed by atoms with E-state index in [-0.39, 0.29) is 0 Å². The normalized spacial score (nSPS) is 18.6. The van der Waals surface area contributed by atoms with Crippen molar-refractivity contribution in [2.45, 2.75) is 19.3 Å². The monoisotopic (exact) mass is 317 g/mol. The summed E-state index contributed by atoms with van der Waals surface area (Å²) in [5.74, 6) is -0.978. The lowest BCUT2D eigenvalue weighted by Crippen LogP contribution is -2.43. The Bertz CT molecular complexity index is 564. The molecular weight excluding hydrogens is 294 g/mol. The minimum absolute atomic E-state index is 0.429. The highest BCUT2D eigenvalue weighted by Crippen LogP contribution is 2.26. The SMILES string of the molecule is O=C(Nc1ccccc1N1CCOCC1)C(=O)N1CCCCC1. The highest BCUT2D eigenvalue weighted by Gasteiger charge is 2.24. The number of amides is 2. The van der Waals surface area contributed by atoms with Crippen LogP contribution in [0, 0.1) is 0 Å². The van der Waals surface area contributed by atoms with Crippen LogP contribution in [-0.4, -0.2) is 56.1 Å². The van der Waals surface area contributed by atoms with Crippen LogP contribution in [0.4, 0.5) is 11.4 Å². The van der Waals surface area contributed by atoms with E-state index >= 15 is 0 Å². The number of carbonyl (C=O) groups is 2. The molecule has 124 valence electrons. The second kappa shape index (κ2) is 7.46. The first-order chi connectivity index (χ1) is 11.3. The number of para-hydroxylation sites is 2. The number of morpholine rings is 1. The number of likely N-dealkylation sites (tertiary alicyclic amines) is 1. The zero-order valence-electron chi connectivity index (χ0n) is 13.3. The summed E-state index contributed by atoms with van der Waals surface area (Å²) >= 11 is 0. The molecule has 2 aliphatic rings. The van der Waals surface area contributed by atoms with Crippen molar-refractivity contribution in [3.05, 3.63) is 24.3 Å². The molecule has 0 saturated carbocycles. The Kier molecular flexibility index (Phi) is 5.12. The number of nitrogens with zero attached hydrogens (tertiary/aromatic N) is 2. The number of hydrogen-bond donors (Lipinski definition) is 1. The van der Waals surface area contributed by atoms with Crippen LogP contribution >= 0.6 is 0 Å². The molecule has 1 aromatic carbocycles. The summed E-state index contributed by atoms with van der Waals surface area (Å²) in [6.45, 7) is 4.28. The van der Waals surface area contributed by atoms with E-state index in [9.17, 15) is 9.59 Å². The van der Waals surface area contributed by atoms with Crippen molar-refractivity contribution in [3.8, 4) is 0 Å². The number of ether oxygens (including phenoxy) is 1. The number of piperidine rings is 1. The maximum absolute atomic E-state index is 12.3. The van der Waals surface area contributed by atoms with Crippen LogP contribution in [0.25, 0.3) is 0 Å². The third-order valence-electron chi connectivity index (χ3n) is 4.34. The van der Waals surface area contributed by atoms with Gasteiger partial charge in [0.1, 0.15) is 0 Å². The van der Waals surface area contributed by atoms with Gasteiger partial charge in [0.25, 0.3) is 0 Å². The Morgan fingerprint density at radius 1 is 0.957 bits per heavy atom. The molecule has 2 aliphatic heterocycles. The summed E-state index contributed by atoms with van der Waals surface area (Å²) in [6, 6.07) is 7.61. The average Bonchev–Trinajstić information content (AvgIpc) is 2.63. The van der Waals surface area contributed by atoms with Crippen LogP contribution in [0.3, 0.4) is 0 Å². The van der Waals surface area contributed by atoms with E-state index < -0.39 is 11.8 Å². The molecule has 0 aliphatic carbocycles. The van der Waals surface area contributed by atoms with E-state index in [0.717, 1.165) is 38.0 Å². The Balaban J connectivity index is 1.69. The van der Waals surface area contributed by atoms with Gasteiger partial charge in [-0.05, 0) is 31.4 Å². The second-order valence-corrected chi connectivity index (χ2v) is 5.92. The van der Waals surface area contributed by atoms with E-state index in [1.165, 1.54) is 0 Å². The molecule has 1 aromatic rings. The first-order valence-corrected chi connectivity index (χ1v) is 8.28. The average molecular weight is 317 g/mol. The molecule has 0 unspecified atom stereocenters. The molecule has 3 rings (SSSR count). The molecule has 6 heteroatoms. The topological polar surface area (TPSA) is 61.9 Å². The van der Waals surface area contributed by atoms with Gasteiger partial charge in [-0.15, -0.1) is 0 Å². The highest BCUT2D eigenvalue weighted by atomic mass is 16.5. The predicted octanol–water partition coefficient (Wildman–Crippen LogP) is 1.47. The molecule has 2 saturated heterocycles. The molecular formula is C17H23N3O3. The van der Waals surface area contributed by atoms with Gasteiger partial charge in [-0.25, -0.2) is 0 Å². The molecule has 0 spiro atoms. The summed E-state index contributed by atoms with van der Waals surface area (Å²) in [4.78, 5) is 28.4. The molecule has 1 N–H and O–H groups in total. The summed E-state index contributed by atoms with van der Waals surface area (Å²) in [6.07, 6.45) is 3.08. The minimum atomic E-state index is -0.549. The van der Waals surface area contributed by atoms with E-state index in [2.05, 4.69) is 10.2 Å². The van der Waals surface area contributed by atoms with Gasteiger partial charge >= 0.3 is 11.8 Å². The lowest BCUT2D eigenvalue weighted by Gasteiger charge is -2.31. The Morgan fingerprint density at radius 3 is 2.39 bits per heavy atom. The quantitative estimate of drug-likeness (QED) is 0.839. The third-order valence-corrected chi connectivity index (χ3v) is 4.34.